The number of carbonyl (C=O) groups is 2. The summed E-state index contributed by atoms with van der Waals surface area (Å²) in [7, 11) is 1.13. The summed E-state index contributed by atoms with van der Waals surface area (Å²) in [6, 6.07) is 0. The fraction of sp³-hybridized carbons (Fsp3) is 0.818. The first-order valence-corrected chi connectivity index (χ1v) is 7.56. The molecule has 3 N–H and O–H groups in total. The molecule has 0 unspecified atom stereocenters. The molecule has 0 saturated carbocycles. The van der Waals surface area contributed by atoms with Gasteiger partial charge in [0.2, 0.25) is 0 Å². The standard InChI is InChI=1S/C11H21NO4.H2O4S/c1-5-6-11(15)16-9(7-10(13)14)8-12(2,3)4;1-5(2,3)4/h9H,5-8H2,1-4H3;(H2,1,2,3,4)/p+1/t9-;/m1./s1. The Balaban J connectivity index is 0. The van der Waals surface area contributed by atoms with Gasteiger partial charge in [-0.05, 0) is 6.42 Å². The molecule has 0 aromatic heterocycles. The number of hydrogen-bond acceptors (Lipinski definition) is 5. The lowest BCUT2D eigenvalue weighted by atomic mass is 10.2. The molecule has 0 aromatic carbocycles. The molecule has 0 saturated heterocycles. The molecule has 0 radical (unpaired) electrons. The van der Waals surface area contributed by atoms with E-state index in [1.54, 1.807) is 0 Å². The molecule has 0 aliphatic rings. The maximum atomic E-state index is 11.3. The number of aliphatic carboxylic acids is 1. The van der Waals surface area contributed by atoms with Crippen molar-refractivity contribution in [3.05, 3.63) is 0 Å². The molecule has 9 nitrogen and oxygen atoms in total. The first kappa shape index (κ1) is 22.1. The lowest BCUT2D eigenvalue weighted by molar-refractivity contribution is -0.873. The van der Waals surface area contributed by atoms with Crippen LogP contribution in [0.3, 0.4) is 0 Å². The highest BCUT2D eigenvalue weighted by molar-refractivity contribution is 7.79. The Morgan fingerprint density at radius 3 is 1.90 bits per heavy atom. The topological polar surface area (TPSA) is 138 Å². The number of nitrogens with zero attached hydrogens (tertiary/aromatic N) is 1. The molecule has 0 amide bonds. The summed E-state index contributed by atoms with van der Waals surface area (Å²) in [6.45, 7) is 2.38. The summed E-state index contributed by atoms with van der Waals surface area (Å²) in [6.07, 6.45) is 0.373. The highest BCUT2D eigenvalue weighted by atomic mass is 32.3. The van der Waals surface area contributed by atoms with Gasteiger partial charge in [-0.15, -0.1) is 0 Å². The maximum absolute atomic E-state index is 11.3. The number of hydrogen-bond donors (Lipinski definition) is 3. The molecule has 10 heteroatoms. The maximum Gasteiger partial charge on any atom is 0.394 e. The van der Waals surface area contributed by atoms with E-state index < -0.39 is 22.5 Å². The molecular formula is C11H24NO8S+. The van der Waals surface area contributed by atoms with Gasteiger partial charge >= 0.3 is 22.3 Å². The normalized spacial score (nSPS) is 12.9. The van der Waals surface area contributed by atoms with Gasteiger partial charge in [-0.1, -0.05) is 6.92 Å². The molecule has 0 fully saturated rings. The smallest absolute Gasteiger partial charge is 0.394 e. The van der Waals surface area contributed by atoms with E-state index in [0.29, 0.717) is 23.9 Å². The number of carboxylic acids is 1. The van der Waals surface area contributed by atoms with Gasteiger partial charge in [-0.25, -0.2) is 0 Å². The Bertz CT molecular complexity index is 418. The van der Waals surface area contributed by atoms with Crippen molar-refractivity contribution < 1.29 is 41.4 Å². The summed E-state index contributed by atoms with van der Waals surface area (Å²) < 4.78 is 37.3. The SMILES string of the molecule is CCCC(=O)O[C@H](CC(=O)O)C[N+](C)(C)C.O=S(=O)(O)O. The van der Waals surface area contributed by atoms with E-state index in [-0.39, 0.29) is 12.4 Å². The monoisotopic (exact) mass is 330 g/mol. The van der Waals surface area contributed by atoms with Gasteiger partial charge in [0.15, 0.2) is 6.10 Å². The van der Waals surface area contributed by atoms with Crippen molar-refractivity contribution in [3.63, 3.8) is 0 Å². The third kappa shape index (κ3) is 24.2. The summed E-state index contributed by atoms with van der Waals surface area (Å²) in [5, 5.41) is 8.73. The lowest BCUT2D eigenvalue weighted by Crippen LogP contribution is -2.43. The average molecular weight is 330 g/mol. The van der Waals surface area contributed by atoms with E-state index in [1.807, 2.05) is 28.1 Å². The van der Waals surface area contributed by atoms with Crippen molar-refractivity contribution in [2.45, 2.75) is 32.3 Å². The van der Waals surface area contributed by atoms with Crippen molar-refractivity contribution in [1.29, 1.82) is 0 Å². The van der Waals surface area contributed by atoms with Gasteiger partial charge in [0.05, 0.1) is 27.6 Å². The van der Waals surface area contributed by atoms with Crippen LogP contribution in [0.4, 0.5) is 0 Å². The molecule has 1 atom stereocenters. The number of esters is 1. The van der Waals surface area contributed by atoms with Crippen LogP contribution in [0.1, 0.15) is 26.2 Å². The Kier molecular flexibility index (Phi) is 10.1. The van der Waals surface area contributed by atoms with Gasteiger partial charge in [0.1, 0.15) is 6.54 Å². The fourth-order valence-corrected chi connectivity index (χ4v) is 1.40. The summed E-state index contributed by atoms with van der Waals surface area (Å²) in [4.78, 5) is 21.9. The zero-order valence-electron chi connectivity index (χ0n) is 12.6. The van der Waals surface area contributed by atoms with Gasteiger partial charge in [0, 0.05) is 6.42 Å². The highest BCUT2D eigenvalue weighted by Gasteiger charge is 2.24. The minimum absolute atomic E-state index is 0.134. The molecule has 0 aliphatic carbocycles. The van der Waals surface area contributed by atoms with Crippen LogP contribution in [0.25, 0.3) is 0 Å². The Labute approximate surface area is 124 Å². The number of quaternary nitrogens is 1. The second kappa shape index (κ2) is 9.66. The second-order valence-corrected chi connectivity index (χ2v) is 6.28. The van der Waals surface area contributed by atoms with E-state index in [9.17, 15) is 9.59 Å². The van der Waals surface area contributed by atoms with Crippen molar-refractivity contribution in [3.8, 4) is 0 Å². The van der Waals surface area contributed by atoms with Crippen LogP contribution in [-0.2, 0) is 24.7 Å². The number of carbonyl (C=O) groups excluding carboxylic acids is 1. The lowest BCUT2D eigenvalue weighted by Gasteiger charge is -2.28. The van der Waals surface area contributed by atoms with Gasteiger partial charge in [0.25, 0.3) is 0 Å². The number of rotatable bonds is 7. The molecule has 0 heterocycles. The summed E-state index contributed by atoms with van der Waals surface area (Å²) >= 11 is 0. The zero-order valence-corrected chi connectivity index (χ0v) is 13.5. The highest BCUT2D eigenvalue weighted by Crippen LogP contribution is 2.07. The molecule has 0 aliphatic heterocycles. The predicted molar refractivity (Wildman–Crippen MR) is 74.1 cm³/mol. The van der Waals surface area contributed by atoms with Crippen LogP contribution in [0, 0.1) is 0 Å². The van der Waals surface area contributed by atoms with Crippen LogP contribution in [-0.4, -0.2) is 72.8 Å². The number of carboxylic acid groups (broad SMARTS) is 1. The third-order valence-electron chi connectivity index (χ3n) is 1.91. The van der Waals surface area contributed by atoms with Gasteiger partial charge in [-0.2, -0.15) is 8.42 Å². The first-order valence-electron chi connectivity index (χ1n) is 6.16. The molecule has 21 heavy (non-hydrogen) atoms. The molecule has 0 aromatic rings. The first-order chi connectivity index (χ1) is 9.24. The fourth-order valence-electron chi connectivity index (χ4n) is 1.40. The Morgan fingerprint density at radius 1 is 1.19 bits per heavy atom. The summed E-state index contributed by atoms with van der Waals surface area (Å²) in [5.74, 6) is -1.26. The van der Waals surface area contributed by atoms with Crippen LogP contribution in [0.2, 0.25) is 0 Å². The Morgan fingerprint density at radius 2 is 1.62 bits per heavy atom. The van der Waals surface area contributed by atoms with Crippen LogP contribution in [0.15, 0.2) is 0 Å². The molecule has 0 rings (SSSR count). The second-order valence-electron chi connectivity index (χ2n) is 5.38. The van der Waals surface area contributed by atoms with E-state index in [1.165, 1.54) is 0 Å². The van der Waals surface area contributed by atoms with Gasteiger partial charge in [-0.3, -0.25) is 18.7 Å². The number of ether oxygens (including phenoxy) is 1. The quantitative estimate of drug-likeness (QED) is 0.342. The van der Waals surface area contributed by atoms with Crippen molar-refractivity contribution >= 4 is 22.3 Å². The minimum Gasteiger partial charge on any atom is -0.481 e. The van der Waals surface area contributed by atoms with Crippen molar-refractivity contribution in [1.82, 2.24) is 0 Å². The largest absolute Gasteiger partial charge is 0.481 e. The van der Waals surface area contributed by atoms with Crippen molar-refractivity contribution in [2.75, 3.05) is 27.7 Å². The summed E-state index contributed by atoms with van der Waals surface area (Å²) in [5.41, 5.74) is 0. The van der Waals surface area contributed by atoms with E-state index >= 15 is 0 Å². The van der Waals surface area contributed by atoms with E-state index in [4.69, 9.17) is 27.4 Å². The molecule has 0 bridgehead atoms. The Hall–Kier alpha value is -1.23. The van der Waals surface area contributed by atoms with Crippen LogP contribution >= 0.6 is 0 Å². The van der Waals surface area contributed by atoms with Crippen LogP contribution < -0.4 is 0 Å². The predicted octanol–water partition coefficient (Wildman–Crippen LogP) is 0.226. The van der Waals surface area contributed by atoms with Crippen molar-refractivity contribution in [2.24, 2.45) is 0 Å². The van der Waals surface area contributed by atoms with E-state index in [0.717, 1.165) is 0 Å². The molecule has 126 valence electrons. The third-order valence-corrected chi connectivity index (χ3v) is 1.91. The van der Waals surface area contributed by atoms with E-state index in [2.05, 4.69) is 0 Å². The average Bonchev–Trinajstić information content (AvgIpc) is 2.09. The zero-order chi connectivity index (χ0) is 17.3. The number of likely N-dealkylation sites (N-methyl/N-ethyl adjacent to an activating group) is 1. The van der Waals surface area contributed by atoms with Gasteiger partial charge < -0.3 is 14.3 Å². The van der Waals surface area contributed by atoms with Crippen LogP contribution in [0.5, 0.6) is 0 Å². The molecule has 0 spiro atoms. The molecular weight excluding hydrogens is 306 g/mol. The minimum atomic E-state index is -4.67.